The van der Waals surface area contributed by atoms with Gasteiger partial charge in [-0.15, -0.1) is 0 Å². The molecule has 1 atom stereocenters. The van der Waals surface area contributed by atoms with E-state index in [1.54, 1.807) is 18.2 Å². The van der Waals surface area contributed by atoms with Gasteiger partial charge in [0.1, 0.15) is 0 Å². The van der Waals surface area contributed by atoms with Gasteiger partial charge in [0.25, 0.3) is 0 Å². The van der Waals surface area contributed by atoms with Crippen LogP contribution in [0, 0.1) is 0 Å². The summed E-state index contributed by atoms with van der Waals surface area (Å²) in [5.74, 6) is -1.71. The molecule has 0 saturated heterocycles. The molecular formula is C16H9Br2NO2. The van der Waals surface area contributed by atoms with E-state index in [9.17, 15) is 9.59 Å². The zero-order chi connectivity index (χ0) is 15.0. The maximum atomic E-state index is 12.3. The van der Waals surface area contributed by atoms with Crippen molar-refractivity contribution in [3.8, 4) is 0 Å². The van der Waals surface area contributed by atoms with E-state index < -0.39 is 17.5 Å². The van der Waals surface area contributed by atoms with E-state index in [0.29, 0.717) is 10.2 Å². The number of allylic oxidation sites excluding steroid dienone is 4. The summed E-state index contributed by atoms with van der Waals surface area (Å²) >= 11 is 6.47. The van der Waals surface area contributed by atoms with Crippen LogP contribution >= 0.6 is 31.9 Å². The first-order chi connectivity index (χ1) is 10.1. The first-order valence-corrected chi connectivity index (χ1v) is 7.83. The highest BCUT2D eigenvalue weighted by molar-refractivity contribution is 9.12. The number of ketones is 2. The second-order valence-electron chi connectivity index (χ2n) is 4.64. The highest BCUT2D eigenvalue weighted by Gasteiger charge is 2.30. The van der Waals surface area contributed by atoms with Crippen molar-refractivity contribution in [1.82, 2.24) is 4.98 Å². The molecule has 0 radical (unpaired) electrons. The Morgan fingerprint density at radius 3 is 2.57 bits per heavy atom. The average molecular weight is 407 g/mol. The molecule has 2 aromatic rings. The summed E-state index contributed by atoms with van der Waals surface area (Å²) in [6, 6.07) is 11.4. The lowest BCUT2D eigenvalue weighted by molar-refractivity contribution is -0.134. The van der Waals surface area contributed by atoms with Gasteiger partial charge in [0, 0.05) is 9.87 Å². The molecule has 0 fully saturated rings. The molecule has 1 aromatic carbocycles. The van der Waals surface area contributed by atoms with Crippen molar-refractivity contribution in [2.24, 2.45) is 0 Å². The van der Waals surface area contributed by atoms with Gasteiger partial charge in [-0.2, -0.15) is 0 Å². The fourth-order valence-electron chi connectivity index (χ4n) is 2.20. The summed E-state index contributed by atoms with van der Waals surface area (Å²) in [5.41, 5.74) is 1.37. The van der Waals surface area contributed by atoms with Crippen LogP contribution in [0.25, 0.3) is 10.9 Å². The third kappa shape index (κ3) is 2.76. The fourth-order valence-corrected chi connectivity index (χ4v) is 3.45. The highest BCUT2D eigenvalue weighted by atomic mass is 79.9. The molecule has 0 bridgehead atoms. The SMILES string of the molecule is O=C1C(=O)C(c2ccc3ccccc3n2)C=C(Br)C=C1Br. The van der Waals surface area contributed by atoms with Gasteiger partial charge < -0.3 is 0 Å². The van der Waals surface area contributed by atoms with Crippen LogP contribution in [0.1, 0.15) is 11.6 Å². The van der Waals surface area contributed by atoms with Crippen LogP contribution in [0.2, 0.25) is 0 Å². The topological polar surface area (TPSA) is 47.0 Å². The van der Waals surface area contributed by atoms with Gasteiger partial charge in [-0.1, -0.05) is 46.3 Å². The molecule has 0 spiro atoms. The van der Waals surface area contributed by atoms with E-state index in [0.717, 1.165) is 10.9 Å². The van der Waals surface area contributed by atoms with Gasteiger partial charge in [0.2, 0.25) is 11.6 Å². The van der Waals surface area contributed by atoms with Crippen molar-refractivity contribution in [3.63, 3.8) is 0 Å². The number of halogens is 2. The number of carbonyl (C=O) groups excluding carboxylic acids is 2. The summed E-state index contributed by atoms with van der Waals surface area (Å²) < 4.78 is 0.924. The number of pyridine rings is 1. The Morgan fingerprint density at radius 1 is 1.00 bits per heavy atom. The molecule has 0 N–H and O–H groups in total. The van der Waals surface area contributed by atoms with Crippen molar-refractivity contribution < 1.29 is 9.59 Å². The van der Waals surface area contributed by atoms with Crippen LogP contribution < -0.4 is 0 Å². The van der Waals surface area contributed by atoms with Gasteiger partial charge in [-0.25, -0.2) is 0 Å². The normalized spacial score (nSPS) is 19.2. The number of aromatic nitrogens is 1. The van der Waals surface area contributed by atoms with Gasteiger partial charge >= 0.3 is 0 Å². The molecule has 1 heterocycles. The summed E-state index contributed by atoms with van der Waals surface area (Å²) in [5, 5.41) is 0.996. The Morgan fingerprint density at radius 2 is 1.76 bits per heavy atom. The van der Waals surface area contributed by atoms with E-state index in [4.69, 9.17) is 0 Å². The minimum atomic E-state index is -0.678. The zero-order valence-electron chi connectivity index (χ0n) is 10.7. The first-order valence-electron chi connectivity index (χ1n) is 6.25. The number of hydrogen-bond donors (Lipinski definition) is 0. The van der Waals surface area contributed by atoms with Crippen molar-refractivity contribution in [1.29, 1.82) is 0 Å². The number of nitrogens with zero attached hydrogens (tertiary/aromatic N) is 1. The summed E-state index contributed by atoms with van der Waals surface area (Å²) in [7, 11) is 0. The Hall–Kier alpha value is -1.59. The Kier molecular flexibility index (Phi) is 3.87. The Balaban J connectivity index is 2.11. The highest BCUT2D eigenvalue weighted by Crippen LogP contribution is 2.29. The molecule has 1 unspecified atom stereocenters. The maximum Gasteiger partial charge on any atom is 0.236 e. The minimum Gasteiger partial charge on any atom is -0.289 e. The van der Waals surface area contributed by atoms with E-state index in [1.807, 2.05) is 30.3 Å². The molecule has 0 amide bonds. The van der Waals surface area contributed by atoms with Crippen molar-refractivity contribution in [2.75, 3.05) is 0 Å². The number of hydrogen-bond acceptors (Lipinski definition) is 3. The minimum absolute atomic E-state index is 0.249. The standard InChI is InChI=1S/C16H9Br2NO2/c17-10-7-11(15(20)16(21)12(18)8-10)14-6-5-9-3-1-2-4-13(9)19-14/h1-8,11H. The summed E-state index contributed by atoms with van der Waals surface area (Å²) in [4.78, 5) is 28.8. The van der Waals surface area contributed by atoms with Gasteiger partial charge in [-0.05, 0) is 34.1 Å². The van der Waals surface area contributed by atoms with Gasteiger partial charge in [-0.3, -0.25) is 14.6 Å². The molecule has 3 rings (SSSR count). The lowest BCUT2D eigenvalue weighted by atomic mass is 9.96. The molecule has 104 valence electrons. The number of rotatable bonds is 1. The maximum absolute atomic E-state index is 12.3. The molecule has 21 heavy (non-hydrogen) atoms. The lowest BCUT2D eigenvalue weighted by Gasteiger charge is -2.10. The molecular weight excluding hydrogens is 398 g/mol. The average Bonchev–Trinajstić information content (AvgIpc) is 2.59. The van der Waals surface area contributed by atoms with E-state index in [2.05, 4.69) is 36.8 Å². The van der Waals surface area contributed by atoms with E-state index in [-0.39, 0.29) is 4.48 Å². The predicted molar refractivity (Wildman–Crippen MR) is 88.5 cm³/mol. The van der Waals surface area contributed by atoms with Crippen LogP contribution in [0.15, 0.2) is 57.5 Å². The third-order valence-corrected chi connectivity index (χ3v) is 4.33. The summed E-state index contributed by atoms with van der Waals surface area (Å²) in [6.07, 6.45) is 3.28. The Bertz CT molecular complexity index is 824. The molecule has 0 aliphatic heterocycles. The number of benzene rings is 1. The second-order valence-corrected chi connectivity index (χ2v) is 6.41. The molecule has 5 heteroatoms. The smallest absolute Gasteiger partial charge is 0.236 e. The van der Waals surface area contributed by atoms with Crippen LogP contribution in [0.5, 0.6) is 0 Å². The zero-order valence-corrected chi connectivity index (χ0v) is 13.9. The molecule has 3 nitrogen and oxygen atoms in total. The van der Waals surface area contributed by atoms with Crippen LogP contribution in [-0.2, 0) is 9.59 Å². The largest absolute Gasteiger partial charge is 0.289 e. The van der Waals surface area contributed by atoms with Crippen LogP contribution in [0.3, 0.4) is 0 Å². The fraction of sp³-hybridized carbons (Fsp3) is 0.0625. The van der Waals surface area contributed by atoms with Gasteiger partial charge in [0.15, 0.2) is 0 Å². The number of para-hydroxylation sites is 1. The van der Waals surface area contributed by atoms with Crippen molar-refractivity contribution in [3.05, 3.63) is 63.2 Å². The van der Waals surface area contributed by atoms with Crippen LogP contribution in [0.4, 0.5) is 0 Å². The number of Topliss-reactive ketones (excluding diaryl/α,β-unsaturated/α-hetero) is 2. The quantitative estimate of drug-likeness (QED) is 0.671. The molecule has 0 saturated carbocycles. The first kappa shape index (κ1) is 14.4. The Labute approximate surface area is 138 Å². The van der Waals surface area contributed by atoms with E-state index in [1.165, 1.54) is 0 Å². The van der Waals surface area contributed by atoms with Crippen molar-refractivity contribution >= 4 is 54.3 Å². The molecule has 1 aliphatic rings. The van der Waals surface area contributed by atoms with Crippen molar-refractivity contribution in [2.45, 2.75) is 5.92 Å². The molecule has 1 aromatic heterocycles. The van der Waals surface area contributed by atoms with E-state index >= 15 is 0 Å². The summed E-state index contributed by atoms with van der Waals surface area (Å²) in [6.45, 7) is 0. The van der Waals surface area contributed by atoms with Crippen LogP contribution in [-0.4, -0.2) is 16.6 Å². The monoisotopic (exact) mass is 405 g/mol. The molecule has 1 aliphatic carbocycles. The lowest BCUT2D eigenvalue weighted by Crippen LogP contribution is -2.20. The number of carbonyl (C=O) groups is 2. The predicted octanol–water partition coefficient (Wildman–Crippen LogP) is 4.03. The van der Waals surface area contributed by atoms with Gasteiger partial charge in [0.05, 0.1) is 21.6 Å². The number of fused-ring (bicyclic) bond motifs is 1. The second kappa shape index (κ2) is 5.66. The third-order valence-electron chi connectivity index (χ3n) is 3.25.